The molecule has 0 bridgehead atoms. The molecule has 0 amide bonds. The molecule has 0 aliphatic rings. The van der Waals surface area contributed by atoms with Gasteiger partial charge in [-0.2, -0.15) is 0 Å². The Morgan fingerprint density at radius 1 is 1.29 bits per heavy atom. The Balaban J connectivity index is 2.11. The lowest BCUT2D eigenvalue weighted by Crippen LogP contribution is -2.33. The number of oxazole rings is 1. The third kappa shape index (κ3) is 3.37. The van der Waals surface area contributed by atoms with Gasteiger partial charge in [0.1, 0.15) is 17.6 Å². The SMILES string of the molecule is COC(=O)[C@@H](N)Cc1cc(O)c(-c2cc3c(cc2CO)oc(=O)n3C)cc1F. The molecule has 3 aromatic rings. The number of hydrogen-bond donors (Lipinski definition) is 3. The zero-order valence-corrected chi connectivity index (χ0v) is 15.2. The monoisotopic (exact) mass is 390 g/mol. The van der Waals surface area contributed by atoms with Crippen molar-refractivity contribution in [2.75, 3.05) is 7.11 Å². The molecule has 0 fully saturated rings. The van der Waals surface area contributed by atoms with Gasteiger partial charge in [-0.3, -0.25) is 9.36 Å². The maximum Gasteiger partial charge on any atom is 0.419 e. The number of aliphatic hydroxyl groups excluding tert-OH is 1. The lowest BCUT2D eigenvalue weighted by Gasteiger charge is -2.14. The van der Waals surface area contributed by atoms with Gasteiger partial charge in [-0.05, 0) is 41.0 Å². The van der Waals surface area contributed by atoms with Gasteiger partial charge in [-0.15, -0.1) is 0 Å². The summed E-state index contributed by atoms with van der Waals surface area (Å²) in [6.07, 6.45) is -0.158. The normalized spacial score (nSPS) is 12.3. The Hall–Kier alpha value is -3.17. The molecule has 0 aliphatic carbocycles. The minimum Gasteiger partial charge on any atom is -0.507 e. The van der Waals surface area contributed by atoms with Gasteiger partial charge in [-0.25, -0.2) is 9.18 Å². The van der Waals surface area contributed by atoms with Gasteiger partial charge in [0.2, 0.25) is 0 Å². The molecule has 9 heteroatoms. The minimum absolute atomic E-state index is 0.0430. The first-order chi connectivity index (χ1) is 13.3. The number of aromatic hydroxyl groups is 1. The minimum atomic E-state index is -1.07. The van der Waals surface area contributed by atoms with Crippen LogP contribution in [-0.2, 0) is 29.6 Å². The summed E-state index contributed by atoms with van der Waals surface area (Å²) >= 11 is 0. The average Bonchev–Trinajstić information content (AvgIpc) is 2.95. The Morgan fingerprint density at radius 2 is 2.00 bits per heavy atom. The van der Waals surface area contributed by atoms with E-state index in [1.807, 2.05) is 0 Å². The summed E-state index contributed by atoms with van der Waals surface area (Å²) in [6, 6.07) is 4.18. The highest BCUT2D eigenvalue weighted by molar-refractivity contribution is 5.85. The van der Waals surface area contributed by atoms with E-state index in [0.29, 0.717) is 16.6 Å². The number of aryl methyl sites for hydroxylation is 1. The van der Waals surface area contributed by atoms with Crippen LogP contribution < -0.4 is 11.5 Å². The number of aromatic nitrogens is 1. The second kappa shape index (κ2) is 7.45. The first-order valence-electron chi connectivity index (χ1n) is 8.35. The number of nitrogens with zero attached hydrogens (tertiary/aromatic N) is 1. The highest BCUT2D eigenvalue weighted by Crippen LogP contribution is 2.36. The lowest BCUT2D eigenvalue weighted by molar-refractivity contribution is -0.142. The van der Waals surface area contributed by atoms with E-state index in [2.05, 4.69) is 4.74 Å². The van der Waals surface area contributed by atoms with E-state index >= 15 is 0 Å². The molecule has 0 aliphatic heterocycles. The predicted molar refractivity (Wildman–Crippen MR) is 98.1 cm³/mol. The number of benzene rings is 2. The third-order valence-corrected chi connectivity index (χ3v) is 4.59. The quantitative estimate of drug-likeness (QED) is 0.558. The molecule has 8 nitrogen and oxygen atoms in total. The van der Waals surface area contributed by atoms with E-state index in [-0.39, 0.29) is 28.9 Å². The average molecular weight is 390 g/mol. The number of fused-ring (bicyclic) bond motifs is 1. The van der Waals surface area contributed by atoms with E-state index in [1.165, 1.54) is 36.9 Å². The molecule has 28 heavy (non-hydrogen) atoms. The lowest BCUT2D eigenvalue weighted by atomic mass is 9.95. The van der Waals surface area contributed by atoms with Gasteiger partial charge in [0.05, 0.1) is 19.2 Å². The number of hydrogen-bond acceptors (Lipinski definition) is 7. The second-order valence-electron chi connectivity index (χ2n) is 6.36. The first-order valence-corrected chi connectivity index (χ1v) is 8.35. The number of halogens is 1. The summed E-state index contributed by atoms with van der Waals surface area (Å²) in [5.74, 6) is -2.23. The van der Waals surface area contributed by atoms with Crippen LogP contribution >= 0.6 is 0 Å². The van der Waals surface area contributed by atoms with Crippen molar-refractivity contribution in [2.45, 2.75) is 19.1 Å². The van der Waals surface area contributed by atoms with Gasteiger partial charge >= 0.3 is 11.7 Å². The second-order valence-corrected chi connectivity index (χ2v) is 6.36. The fourth-order valence-electron chi connectivity index (χ4n) is 3.05. The van der Waals surface area contributed by atoms with Crippen LogP contribution in [0.25, 0.3) is 22.2 Å². The summed E-state index contributed by atoms with van der Waals surface area (Å²) in [5.41, 5.74) is 7.19. The molecule has 1 aromatic heterocycles. The van der Waals surface area contributed by atoms with Crippen LogP contribution in [0.5, 0.6) is 5.75 Å². The number of nitrogens with two attached hydrogens (primary N) is 1. The molecule has 1 heterocycles. The summed E-state index contributed by atoms with van der Waals surface area (Å²) in [7, 11) is 2.68. The van der Waals surface area contributed by atoms with Crippen LogP contribution in [0.4, 0.5) is 4.39 Å². The van der Waals surface area contributed by atoms with Crippen molar-refractivity contribution in [2.24, 2.45) is 12.8 Å². The molecule has 3 rings (SSSR count). The third-order valence-electron chi connectivity index (χ3n) is 4.59. The van der Waals surface area contributed by atoms with E-state index < -0.39 is 30.2 Å². The number of esters is 1. The van der Waals surface area contributed by atoms with Crippen molar-refractivity contribution >= 4 is 17.1 Å². The summed E-state index contributed by atoms with van der Waals surface area (Å²) in [6.45, 7) is -0.417. The molecule has 4 N–H and O–H groups in total. The summed E-state index contributed by atoms with van der Waals surface area (Å²) in [4.78, 5) is 23.2. The molecule has 148 valence electrons. The zero-order chi connectivity index (χ0) is 20.6. The smallest absolute Gasteiger partial charge is 0.419 e. The topological polar surface area (TPSA) is 128 Å². The van der Waals surface area contributed by atoms with E-state index in [9.17, 15) is 24.2 Å². The zero-order valence-electron chi connectivity index (χ0n) is 15.2. The number of phenolic OH excluding ortho intramolecular Hbond substituents is 1. The van der Waals surface area contributed by atoms with Crippen LogP contribution in [0.15, 0.2) is 33.5 Å². The van der Waals surface area contributed by atoms with Crippen LogP contribution in [0.2, 0.25) is 0 Å². The fraction of sp³-hybridized carbons (Fsp3) is 0.263. The number of methoxy groups -OCH3 is 1. The molecule has 0 spiro atoms. The van der Waals surface area contributed by atoms with Crippen molar-refractivity contribution in [1.82, 2.24) is 4.57 Å². The highest BCUT2D eigenvalue weighted by Gasteiger charge is 2.20. The molecule has 0 saturated carbocycles. The van der Waals surface area contributed by atoms with Gasteiger partial charge in [0.25, 0.3) is 0 Å². The molecule has 0 unspecified atom stereocenters. The molecule has 0 radical (unpaired) electrons. The van der Waals surface area contributed by atoms with Crippen molar-refractivity contribution < 1.29 is 28.6 Å². The Morgan fingerprint density at radius 3 is 2.64 bits per heavy atom. The standard InChI is InChI=1S/C19H19FN2O6/c1-22-15-7-11(10(8-23)5-17(15)28-19(22)26)12-6-13(20)9(4-16(12)24)3-14(21)18(25)27-2/h4-7,14,23-24H,3,8,21H2,1-2H3/t14-/m0/s1. The van der Waals surface area contributed by atoms with Gasteiger partial charge in [0, 0.05) is 19.0 Å². The molecular weight excluding hydrogens is 371 g/mol. The number of rotatable bonds is 5. The highest BCUT2D eigenvalue weighted by atomic mass is 19.1. The molecular formula is C19H19FN2O6. The van der Waals surface area contributed by atoms with Gasteiger partial charge in [0.15, 0.2) is 5.58 Å². The first kappa shape index (κ1) is 19.6. The fourth-order valence-corrected chi connectivity index (χ4v) is 3.05. The number of phenols is 1. The Labute approximate surface area is 158 Å². The summed E-state index contributed by atoms with van der Waals surface area (Å²) in [5, 5.41) is 20.1. The number of ether oxygens (including phenoxy) is 1. The maximum atomic E-state index is 14.6. The largest absolute Gasteiger partial charge is 0.507 e. The van der Waals surface area contributed by atoms with Crippen LogP contribution in [-0.4, -0.2) is 33.9 Å². The number of carbonyl (C=O) groups is 1. The predicted octanol–water partition coefficient (Wildman–Crippen LogP) is 1.18. The number of aliphatic hydroxyl groups is 1. The maximum absolute atomic E-state index is 14.6. The molecule has 0 saturated heterocycles. The van der Waals surface area contributed by atoms with E-state index in [4.69, 9.17) is 10.2 Å². The van der Waals surface area contributed by atoms with Crippen LogP contribution in [0.3, 0.4) is 0 Å². The van der Waals surface area contributed by atoms with Crippen LogP contribution in [0, 0.1) is 5.82 Å². The molecule has 2 aromatic carbocycles. The Bertz CT molecular complexity index is 1120. The van der Waals surface area contributed by atoms with E-state index in [0.717, 1.165) is 6.07 Å². The van der Waals surface area contributed by atoms with Gasteiger partial charge < -0.3 is 25.1 Å². The number of carbonyl (C=O) groups excluding carboxylic acids is 1. The van der Waals surface area contributed by atoms with Crippen LogP contribution in [0.1, 0.15) is 11.1 Å². The van der Waals surface area contributed by atoms with Crippen molar-refractivity contribution in [3.8, 4) is 16.9 Å². The summed E-state index contributed by atoms with van der Waals surface area (Å²) < 4.78 is 25.5. The molecule has 1 atom stereocenters. The van der Waals surface area contributed by atoms with E-state index in [1.54, 1.807) is 0 Å². The Kier molecular flexibility index (Phi) is 5.21. The van der Waals surface area contributed by atoms with Crippen molar-refractivity contribution in [1.29, 1.82) is 0 Å². The van der Waals surface area contributed by atoms with Gasteiger partial charge in [-0.1, -0.05) is 0 Å². The van der Waals surface area contributed by atoms with Crippen molar-refractivity contribution in [3.63, 3.8) is 0 Å². The van der Waals surface area contributed by atoms with Crippen molar-refractivity contribution in [3.05, 3.63) is 51.8 Å².